The number of hydrogen-bond acceptors (Lipinski definition) is 2. The van der Waals surface area contributed by atoms with Crippen molar-refractivity contribution >= 4 is 43.4 Å². The van der Waals surface area contributed by atoms with Gasteiger partial charge in [0, 0.05) is 16.9 Å². The number of rotatable bonds is 5. The molecule has 0 aromatic heterocycles. The summed E-state index contributed by atoms with van der Waals surface area (Å²) in [5, 5.41) is 0. The van der Waals surface area contributed by atoms with Crippen LogP contribution in [0.3, 0.4) is 0 Å². The maximum absolute atomic E-state index is 11.4. The highest BCUT2D eigenvalue weighted by Gasteiger charge is 2.08. The van der Waals surface area contributed by atoms with Crippen LogP contribution in [-0.4, -0.2) is 20.8 Å². The van der Waals surface area contributed by atoms with Crippen molar-refractivity contribution in [2.24, 2.45) is 0 Å². The Balaban J connectivity index is 2.69. The Morgan fingerprint density at radius 3 is 2.73 bits per heavy atom. The summed E-state index contributed by atoms with van der Waals surface area (Å²) in [5.41, 5.74) is 0.492. The van der Waals surface area contributed by atoms with Crippen LogP contribution in [0, 0.1) is 0 Å². The van der Waals surface area contributed by atoms with E-state index in [-0.39, 0.29) is 12.4 Å². The first kappa shape index (κ1) is 12.8. The molecule has 0 saturated heterocycles. The van der Waals surface area contributed by atoms with Gasteiger partial charge in [-0.05, 0) is 18.2 Å². The summed E-state index contributed by atoms with van der Waals surface area (Å²) in [6.45, 7) is 0.199. The van der Waals surface area contributed by atoms with Crippen LogP contribution in [0.25, 0.3) is 0 Å². The molecule has 15 heavy (non-hydrogen) atoms. The highest BCUT2D eigenvalue weighted by molar-refractivity contribution is 9.10. The van der Waals surface area contributed by atoms with Crippen molar-refractivity contribution in [1.82, 2.24) is 4.72 Å². The fourth-order valence-corrected chi connectivity index (χ4v) is 2.40. The quantitative estimate of drug-likeness (QED) is 0.816. The number of nitrogens with one attached hydrogen (secondary N) is 2. The second-order valence-corrected chi connectivity index (χ2v) is 5.49. The zero-order valence-corrected chi connectivity index (χ0v) is 10.9. The van der Waals surface area contributed by atoms with E-state index in [0.717, 1.165) is 4.47 Å². The molecule has 0 bridgehead atoms. The molecule has 0 heterocycles. The van der Waals surface area contributed by atoms with Crippen molar-refractivity contribution in [3.63, 3.8) is 0 Å². The summed E-state index contributed by atoms with van der Waals surface area (Å²) in [5.74, 6) is 0.236. The van der Waals surface area contributed by atoms with Crippen molar-refractivity contribution < 1.29 is 8.42 Å². The standard InChI is InChI=1S/C8H10BrClN2O2S/c9-7-2-1-3-8(6-7)12-15(13,14)11-5-4-10/h1-3,6,11-12H,4-5H2. The van der Waals surface area contributed by atoms with E-state index in [4.69, 9.17) is 11.6 Å². The summed E-state index contributed by atoms with van der Waals surface area (Å²) in [7, 11) is -3.52. The summed E-state index contributed by atoms with van der Waals surface area (Å²) in [6, 6.07) is 6.87. The lowest BCUT2D eigenvalue weighted by Gasteiger charge is -2.08. The maximum Gasteiger partial charge on any atom is 0.299 e. The molecule has 1 aromatic carbocycles. The smallest absolute Gasteiger partial charge is 0.271 e. The predicted molar refractivity (Wildman–Crippen MR) is 65.4 cm³/mol. The van der Waals surface area contributed by atoms with Crippen LogP contribution in [0.2, 0.25) is 0 Å². The van der Waals surface area contributed by atoms with Gasteiger partial charge in [-0.1, -0.05) is 22.0 Å². The molecular formula is C8H10BrClN2O2S. The normalized spacial score (nSPS) is 11.3. The second-order valence-electron chi connectivity index (χ2n) is 2.70. The molecule has 1 rings (SSSR count). The van der Waals surface area contributed by atoms with E-state index in [0.29, 0.717) is 5.69 Å². The molecule has 0 unspecified atom stereocenters. The molecule has 0 aliphatic carbocycles. The fourth-order valence-electron chi connectivity index (χ4n) is 0.916. The van der Waals surface area contributed by atoms with E-state index in [9.17, 15) is 8.42 Å². The number of anilines is 1. The Bertz CT molecular complexity index is 424. The molecule has 7 heteroatoms. The molecule has 0 spiro atoms. The Morgan fingerprint density at radius 1 is 1.40 bits per heavy atom. The summed E-state index contributed by atoms with van der Waals surface area (Å²) in [6.07, 6.45) is 0. The zero-order chi connectivity index (χ0) is 11.3. The molecule has 4 nitrogen and oxygen atoms in total. The number of alkyl halides is 1. The largest absolute Gasteiger partial charge is 0.299 e. The zero-order valence-electron chi connectivity index (χ0n) is 7.70. The summed E-state index contributed by atoms with van der Waals surface area (Å²) < 4.78 is 28.2. The van der Waals surface area contributed by atoms with Gasteiger partial charge in [-0.15, -0.1) is 11.6 Å². The van der Waals surface area contributed by atoms with Crippen LogP contribution in [0.15, 0.2) is 28.7 Å². The van der Waals surface area contributed by atoms with Crippen LogP contribution in [0.5, 0.6) is 0 Å². The van der Waals surface area contributed by atoms with E-state index in [1.54, 1.807) is 18.2 Å². The van der Waals surface area contributed by atoms with Gasteiger partial charge >= 0.3 is 0 Å². The van der Waals surface area contributed by atoms with Gasteiger partial charge in [-0.3, -0.25) is 4.72 Å². The lowest BCUT2D eigenvalue weighted by Crippen LogP contribution is -2.31. The van der Waals surface area contributed by atoms with Crippen molar-refractivity contribution in [3.05, 3.63) is 28.7 Å². The van der Waals surface area contributed by atoms with Gasteiger partial charge in [-0.2, -0.15) is 13.1 Å². The topological polar surface area (TPSA) is 58.2 Å². The van der Waals surface area contributed by atoms with E-state index in [1.165, 1.54) is 0 Å². The van der Waals surface area contributed by atoms with Crippen molar-refractivity contribution in [1.29, 1.82) is 0 Å². The van der Waals surface area contributed by atoms with Crippen LogP contribution in [-0.2, 0) is 10.2 Å². The van der Waals surface area contributed by atoms with Gasteiger partial charge in [0.25, 0.3) is 10.2 Å². The summed E-state index contributed by atoms with van der Waals surface area (Å²) in [4.78, 5) is 0. The van der Waals surface area contributed by atoms with E-state index in [2.05, 4.69) is 25.4 Å². The molecule has 1 aromatic rings. The third kappa shape index (κ3) is 4.83. The average Bonchev–Trinajstić information content (AvgIpc) is 2.14. The number of hydrogen-bond donors (Lipinski definition) is 2. The average molecular weight is 314 g/mol. The fraction of sp³-hybridized carbons (Fsp3) is 0.250. The van der Waals surface area contributed by atoms with Gasteiger partial charge in [-0.25, -0.2) is 0 Å². The monoisotopic (exact) mass is 312 g/mol. The molecule has 0 amide bonds. The molecule has 0 saturated carbocycles. The minimum atomic E-state index is -3.52. The molecule has 0 aliphatic heterocycles. The summed E-state index contributed by atoms with van der Waals surface area (Å²) >= 11 is 8.62. The van der Waals surface area contributed by atoms with Crippen molar-refractivity contribution in [2.75, 3.05) is 17.1 Å². The third-order valence-corrected chi connectivity index (χ3v) is 3.23. The Morgan fingerprint density at radius 2 is 2.13 bits per heavy atom. The van der Waals surface area contributed by atoms with Crippen LogP contribution < -0.4 is 9.44 Å². The van der Waals surface area contributed by atoms with Gasteiger partial charge < -0.3 is 0 Å². The van der Waals surface area contributed by atoms with Gasteiger partial charge in [0.05, 0.1) is 5.69 Å². The molecule has 0 fully saturated rings. The van der Waals surface area contributed by atoms with Gasteiger partial charge in [0.1, 0.15) is 0 Å². The molecule has 0 radical (unpaired) electrons. The van der Waals surface area contributed by atoms with E-state index in [1.807, 2.05) is 6.07 Å². The van der Waals surface area contributed by atoms with E-state index >= 15 is 0 Å². The second kappa shape index (κ2) is 5.69. The Labute approximate surface area is 102 Å². The van der Waals surface area contributed by atoms with Crippen LogP contribution >= 0.6 is 27.5 Å². The lowest BCUT2D eigenvalue weighted by atomic mass is 10.3. The van der Waals surface area contributed by atoms with Crippen LogP contribution in [0.4, 0.5) is 5.69 Å². The first-order valence-electron chi connectivity index (χ1n) is 4.12. The minimum absolute atomic E-state index is 0.199. The van der Waals surface area contributed by atoms with Gasteiger partial charge in [0.15, 0.2) is 0 Å². The maximum atomic E-state index is 11.4. The molecule has 84 valence electrons. The SMILES string of the molecule is O=S(=O)(NCCCl)Nc1cccc(Br)c1. The highest BCUT2D eigenvalue weighted by atomic mass is 79.9. The van der Waals surface area contributed by atoms with E-state index < -0.39 is 10.2 Å². The molecule has 0 atom stereocenters. The predicted octanol–water partition coefficient (Wildman–Crippen LogP) is 1.93. The van der Waals surface area contributed by atoms with Crippen molar-refractivity contribution in [2.45, 2.75) is 0 Å². The molecule has 0 aliphatic rings. The van der Waals surface area contributed by atoms with Crippen molar-refractivity contribution in [3.8, 4) is 0 Å². The molecule has 2 N–H and O–H groups in total. The lowest BCUT2D eigenvalue weighted by molar-refractivity contribution is 0.589. The Hall–Kier alpha value is -0.300. The molecular weight excluding hydrogens is 304 g/mol. The first-order chi connectivity index (χ1) is 7.03. The third-order valence-electron chi connectivity index (χ3n) is 1.46. The first-order valence-corrected chi connectivity index (χ1v) is 6.93. The Kier molecular flexibility index (Phi) is 4.85. The van der Waals surface area contributed by atoms with Crippen LogP contribution in [0.1, 0.15) is 0 Å². The minimum Gasteiger partial charge on any atom is -0.271 e. The highest BCUT2D eigenvalue weighted by Crippen LogP contribution is 2.16. The van der Waals surface area contributed by atoms with Gasteiger partial charge in [0.2, 0.25) is 0 Å². The number of benzene rings is 1. The number of halogens is 2.